The first-order chi connectivity index (χ1) is 6.27. The molecule has 0 atom stereocenters. The van der Waals surface area contributed by atoms with Gasteiger partial charge in [0.1, 0.15) is 7.05 Å². The smallest absolute Gasteiger partial charge is 0.196 e. The van der Waals surface area contributed by atoms with Gasteiger partial charge in [0.25, 0.3) is 0 Å². The van der Waals surface area contributed by atoms with E-state index in [2.05, 4.69) is 14.9 Å². The molecular weight excluding hydrogens is 168 g/mol. The van der Waals surface area contributed by atoms with Crippen molar-refractivity contribution >= 4 is 5.82 Å². The van der Waals surface area contributed by atoms with E-state index in [1.54, 1.807) is 0 Å². The fourth-order valence-corrected chi connectivity index (χ4v) is 1.12. The first kappa shape index (κ1) is 7.72. The SMILES string of the molecule is C[n+]1cccc(-c2nonc2N)c1. The molecular formula is C8H9N4O+. The molecule has 2 aromatic rings. The number of aromatic nitrogens is 3. The number of hydrogen-bond acceptors (Lipinski definition) is 4. The van der Waals surface area contributed by atoms with Crippen LogP contribution < -0.4 is 10.3 Å². The van der Waals surface area contributed by atoms with E-state index < -0.39 is 0 Å². The monoisotopic (exact) mass is 177 g/mol. The number of nitrogens with two attached hydrogens (primary N) is 1. The Balaban J connectivity index is 2.53. The molecule has 2 rings (SSSR count). The molecule has 0 saturated heterocycles. The Morgan fingerprint density at radius 3 is 2.92 bits per heavy atom. The van der Waals surface area contributed by atoms with E-state index in [-0.39, 0.29) is 0 Å². The van der Waals surface area contributed by atoms with Crippen molar-refractivity contribution in [3.63, 3.8) is 0 Å². The first-order valence-electron chi connectivity index (χ1n) is 3.81. The third-order valence-electron chi connectivity index (χ3n) is 1.73. The van der Waals surface area contributed by atoms with Gasteiger partial charge >= 0.3 is 0 Å². The Morgan fingerprint density at radius 2 is 2.31 bits per heavy atom. The number of nitrogen functional groups attached to an aromatic ring is 1. The first-order valence-corrected chi connectivity index (χ1v) is 3.81. The van der Waals surface area contributed by atoms with Crippen molar-refractivity contribution in [2.24, 2.45) is 7.05 Å². The largest absolute Gasteiger partial charge is 0.379 e. The fraction of sp³-hybridized carbons (Fsp3) is 0.125. The molecule has 0 spiro atoms. The van der Waals surface area contributed by atoms with Crippen LogP contribution in [0.1, 0.15) is 0 Å². The lowest BCUT2D eigenvalue weighted by Crippen LogP contribution is -2.26. The zero-order chi connectivity index (χ0) is 9.26. The molecule has 0 radical (unpaired) electrons. The normalized spacial score (nSPS) is 10.2. The van der Waals surface area contributed by atoms with Crippen LogP contribution in [0, 0.1) is 0 Å². The van der Waals surface area contributed by atoms with Gasteiger partial charge in [-0.3, -0.25) is 0 Å². The summed E-state index contributed by atoms with van der Waals surface area (Å²) in [6, 6.07) is 3.80. The molecule has 2 heterocycles. The number of nitrogens with zero attached hydrogens (tertiary/aromatic N) is 3. The van der Waals surface area contributed by atoms with Crippen molar-refractivity contribution in [1.82, 2.24) is 10.3 Å². The summed E-state index contributed by atoms with van der Waals surface area (Å²) in [5, 5.41) is 7.21. The Labute approximate surface area is 74.8 Å². The van der Waals surface area contributed by atoms with Gasteiger partial charge in [-0.05, 0) is 16.4 Å². The van der Waals surface area contributed by atoms with E-state index >= 15 is 0 Å². The maximum atomic E-state index is 5.55. The number of aryl methyl sites for hydroxylation is 1. The van der Waals surface area contributed by atoms with Crippen LogP contribution in [0.5, 0.6) is 0 Å². The zero-order valence-electron chi connectivity index (χ0n) is 7.14. The lowest BCUT2D eigenvalue weighted by atomic mass is 10.2. The van der Waals surface area contributed by atoms with E-state index in [1.165, 1.54) is 0 Å². The molecule has 0 bridgehead atoms. The summed E-state index contributed by atoms with van der Waals surface area (Å²) in [7, 11) is 1.92. The molecule has 5 heteroatoms. The summed E-state index contributed by atoms with van der Waals surface area (Å²) in [5.41, 5.74) is 7.02. The summed E-state index contributed by atoms with van der Waals surface area (Å²) >= 11 is 0. The van der Waals surface area contributed by atoms with E-state index in [9.17, 15) is 0 Å². The Kier molecular flexibility index (Phi) is 1.70. The van der Waals surface area contributed by atoms with E-state index in [1.807, 2.05) is 36.1 Å². The molecule has 2 aromatic heterocycles. The highest BCUT2D eigenvalue weighted by Crippen LogP contribution is 2.19. The van der Waals surface area contributed by atoms with Crippen LogP contribution in [0.2, 0.25) is 0 Å². The molecule has 0 aliphatic heterocycles. The van der Waals surface area contributed by atoms with Crippen LogP contribution >= 0.6 is 0 Å². The van der Waals surface area contributed by atoms with Gasteiger partial charge in [0.15, 0.2) is 23.9 Å². The van der Waals surface area contributed by atoms with Crippen molar-refractivity contribution in [2.45, 2.75) is 0 Å². The summed E-state index contributed by atoms with van der Waals surface area (Å²) in [5.74, 6) is 0.311. The molecule has 0 aliphatic carbocycles. The number of hydrogen-bond donors (Lipinski definition) is 1. The standard InChI is InChI=1S/C8H9N4O/c1-12-4-2-3-6(5-12)7-8(9)11-13-10-7/h2-5H,1H3,(H2,9,11)/q+1. The molecule has 0 unspecified atom stereocenters. The topological polar surface area (TPSA) is 68.8 Å². The molecule has 5 nitrogen and oxygen atoms in total. The van der Waals surface area contributed by atoms with Crippen molar-refractivity contribution < 1.29 is 9.20 Å². The van der Waals surface area contributed by atoms with Gasteiger partial charge in [0, 0.05) is 6.07 Å². The van der Waals surface area contributed by atoms with E-state index in [4.69, 9.17) is 5.73 Å². The van der Waals surface area contributed by atoms with Crippen LogP contribution in [0.4, 0.5) is 5.82 Å². The van der Waals surface area contributed by atoms with Gasteiger partial charge in [-0.1, -0.05) is 0 Å². The highest BCUT2D eigenvalue weighted by Gasteiger charge is 2.10. The third-order valence-corrected chi connectivity index (χ3v) is 1.73. The van der Waals surface area contributed by atoms with Gasteiger partial charge < -0.3 is 5.73 Å². The highest BCUT2D eigenvalue weighted by atomic mass is 16.6. The molecule has 0 aromatic carbocycles. The van der Waals surface area contributed by atoms with E-state index in [0.29, 0.717) is 11.5 Å². The van der Waals surface area contributed by atoms with Crippen molar-refractivity contribution in [3.05, 3.63) is 24.5 Å². The second kappa shape index (κ2) is 2.85. The molecule has 0 aliphatic rings. The quantitative estimate of drug-likeness (QED) is 0.629. The molecule has 0 saturated carbocycles. The molecule has 2 N–H and O–H groups in total. The van der Waals surface area contributed by atoms with Gasteiger partial charge in [0.05, 0.1) is 5.56 Å². The van der Waals surface area contributed by atoms with Gasteiger partial charge in [-0.15, -0.1) is 0 Å². The second-order valence-corrected chi connectivity index (χ2v) is 2.76. The minimum atomic E-state index is 0.311. The zero-order valence-corrected chi connectivity index (χ0v) is 7.14. The molecule has 66 valence electrons. The van der Waals surface area contributed by atoms with Gasteiger partial charge in [-0.25, -0.2) is 9.20 Å². The second-order valence-electron chi connectivity index (χ2n) is 2.76. The van der Waals surface area contributed by atoms with Crippen LogP contribution in [-0.4, -0.2) is 10.3 Å². The van der Waals surface area contributed by atoms with Crippen molar-refractivity contribution in [2.75, 3.05) is 5.73 Å². The number of anilines is 1. The van der Waals surface area contributed by atoms with Gasteiger partial charge in [0.2, 0.25) is 0 Å². The summed E-state index contributed by atoms with van der Waals surface area (Å²) in [6.07, 6.45) is 3.82. The minimum absolute atomic E-state index is 0.311. The maximum absolute atomic E-state index is 5.55. The van der Waals surface area contributed by atoms with Crippen LogP contribution in [0.15, 0.2) is 29.2 Å². The Morgan fingerprint density at radius 1 is 1.46 bits per heavy atom. The average Bonchev–Trinajstić information content (AvgIpc) is 2.51. The minimum Gasteiger partial charge on any atom is -0.379 e. The average molecular weight is 177 g/mol. The lowest BCUT2D eigenvalue weighted by Gasteiger charge is -1.92. The summed E-state index contributed by atoms with van der Waals surface area (Å²) in [6.45, 7) is 0. The highest BCUT2D eigenvalue weighted by molar-refractivity contribution is 5.67. The molecule has 0 amide bonds. The Bertz CT molecular complexity index is 424. The Hall–Kier alpha value is -1.91. The van der Waals surface area contributed by atoms with Crippen molar-refractivity contribution in [1.29, 1.82) is 0 Å². The predicted molar refractivity (Wildman–Crippen MR) is 45.3 cm³/mol. The number of rotatable bonds is 1. The van der Waals surface area contributed by atoms with Gasteiger partial charge in [-0.2, -0.15) is 0 Å². The van der Waals surface area contributed by atoms with E-state index in [0.717, 1.165) is 5.56 Å². The predicted octanol–water partition coefficient (Wildman–Crippen LogP) is 0.143. The van der Waals surface area contributed by atoms with Crippen LogP contribution in [-0.2, 0) is 7.05 Å². The fourth-order valence-electron chi connectivity index (χ4n) is 1.12. The third kappa shape index (κ3) is 1.35. The van der Waals surface area contributed by atoms with Crippen LogP contribution in [0.3, 0.4) is 0 Å². The number of pyridine rings is 1. The lowest BCUT2D eigenvalue weighted by molar-refractivity contribution is -0.671. The summed E-state index contributed by atoms with van der Waals surface area (Å²) in [4.78, 5) is 0. The van der Waals surface area contributed by atoms with Crippen molar-refractivity contribution in [3.8, 4) is 11.3 Å². The molecule has 0 fully saturated rings. The molecule has 13 heavy (non-hydrogen) atoms. The maximum Gasteiger partial charge on any atom is 0.196 e. The van der Waals surface area contributed by atoms with Crippen LogP contribution in [0.25, 0.3) is 11.3 Å². The summed E-state index contributed by atoms with van der Waals surface area (Å²) < 4.78 is 6.41.